The Morgan fingerprint density at radius 1 is 1.26 bits per heavy atom. The number of hydrogen-bond acceptors (Lipinski definition) is 7. The molecule has 0 aliphatic carbocycles. The van der Waals surface area contributed by atoms with Gasteiger partial charge < -0.3 is 15.6 Å². The number of para-hydroxylation sites is 1. The van der Waals surface area contributed by atoms with Crippen LogP contribution in [-0.2, 0) is 6.42 Å². The van der Waals surface area contributed by atoms with Gasteiger partial charge in [-0.15, -0.1) is 5.10 Å². The second kappa shape index (κ2) is 7.52. The predicted octanol–water partition coefficient (Wildman–Crippen LogP) is 3.58. The third-order valence-corrected chi connectivity index (χ3v) is 5.05. The van der Waals surface area contributed by atoms with Crippen LogP contribution in [0.3, 0.4) is 0 Å². The van der Waals surface area contributed by atoms with Gasteiger partial charge in [-0.05, 0) is 60.2 Å². The molecule has 3 heterocycles. The van der Waals surface area contributed by atoms with Crippen molar-refractivity contribution >= 4 is 11.3 Å². The van der Waals surface area contributed by atoms with Crippen LogP contribution in [0.1, 0.15) is 11.3 Å². The van der Waals surface area contributed by atoms with E-state index in [1.807, 2.05) is 18.2 Å². The summed E-state index contributed by atoms with van der Waals surface area (Å²) in [6, 6.07) is 12.2. The summed E-state index contributed by atoms with van der Waals surface area (Å²) in [4.78, 5) is 4.50. The van der Waals surface area contributed by atoms with Gasteiger partial charge in [-0.2, -0.15) is 4.98 Å². The van der Waals surface area contributed by atoms with Crippen LogP contribution in [0.4, 0.5) is 10.1 Å². The number of rotatable bonds is 5. The van der Waals surface area contributed by atoms with E-state index in [-0.39, 0.29) is 17.3 Å². The molecule has 0 bridgehead atoms. The molecule has 31 heavy (non-hydrogen) atoms. The van der Waals surface area contributed by atoms with Crippen LogP contribution in [0.15, 0.2) is 65.8 Å². The number of anilines is 1. The van der Waals surface area contributed by atoms with E-state index in [1.165, 1.54) is 22.5 Å². The highest BCUT2D eigenvalue weighted by atomic mass is 19.1. The summed E-state index contributed by atoms with van der Waals surface area (Å²) < 4.78 is 21.3. The van der Waals surface area contributed by atoms with Crippen LogP contribution < -0.4 is 11.1 Å². The van der Waals surface area contributed by atoms with Gasteiger partial charge in [-0.3, -0.25) is 0 Å². The number of allylic oxidation sites excluding steroid dienone is 2. The zero-order valence-corrected chi connectivity index (χ0v) is 16.4. The maximum Gasteiger partial charge on any atom is 0.281 e. The molecule has 4 aromatic rings. The molecule has 2 aromatic heterocycles. The molecule has 0 amide bonds. The Bertz CT molecular complexity index is 1320. The van der Waals surface area contributed by atoms with Crippen LogP contribution in [0, 0.1) is 5.82 Å². The molecular weight excluding hydrogens is 397 g/mol. The van der Waals surface area contributed by atoms with Gasteiger partial charge in [0.15, 0.2) is 5.69 Å². The number of benzene rings is 2. The van der Waals surface area contributed by atoms with Crippen LogP contribution >= 0.6 is 0 Å². The summed E-state index contributed by atoms with van der Waals surface area (Å²) in [6.45, 7) is 4.92. The lowest BCUT2D eigenvalue weighted by molar-refractivity contribution is 0.431. The van der Waals surface area contributed by atoms with Gasteiger partial charge in [0.1, 0.15) is 17.2 Å². The average Bonchev–Trinajstić information content (AvgIpc) is 3.52. The third kappa shape index (κ3) is 3.25. The molecule has 0 fully saturated rings. The number of hydrogen-bond donors (Lipinski definition) is 2. The monoisotopic (exact) mass is 415 g/mol. The molecule has 0 saturated carbocycles. The first-order chi connectivity index (χ1) is 15.2. The fraction of sp³-hybridized carbons (Fsp3) is 0.0909. The van der Waals surface area contributed by atoms with Gasteiger partial charge in [0.05, 0.1) is 0 Å². The van der Waals surface area contributed by atoms with Crippen molar-refractivity contribution in [3.8, 4) is 28.7 Å². The van der Waals surface area contributed by atoms with Gasteiger partial charge >= 0.3 is 0 Å². The van der Waals surface area contributed by atoms with Crippen molar-refractivity contribution in [2.75, 3.05) is 11.9 Å². The first-order valence-corrected chi connectivity index (χ1v) is 9.65. The normalized spacial score (nSPS) is 12.8. The van der Waals surface area contributed by atoms with E-state index in [4.69, 9.17) is 10.3 Å². The Balaban J connectivity index is 1.60. The minimum atomic E-state index is -0.456. The maximum atomic E-state index is 14.4. The smallest absolute Gasteiger partial charge is 0.281 e. The highest BCUT2D eigenvalue weighted by Crippen LogP contribution is 2.31. The minimum Gasteiger partial charge on any atom is -0.405 e. The standard InChI is InChI=1S/C22H18FN7O/c1-13(8-10-24)20-19(27-29-30(20)18-5-3-2-4-16(18)23)22-26-21(28-31-22)15-6-7-17-14(12-15)9-11-25-17/h2-8,10,12,25H,1,9,11,24H2/b10-8-. The van der Waals surface area contributed by atoms with Crippen molar-refractivity contribution in [1.29, 1.82) is 0 Å². The van der Waals surface area contributed by atoms with Crippen molar-refractivity contribution < 1.29 is 8.91 Å². The fourth-order valence-corrected chi connectivity index (χ4v) is 3.58. The molecule has 3 N–H and O–H groups in total. The Morgan fingerprint density at radius 2 is 2.13 bits per heavy atom. The van der Waals surface area contributed by atoms with E-state index in [1.54, 1.807) is 24.3 Å². The Hall–Kier alpha value is -4.27. The highest BCUT2D eigenvalue weighted by Gasteiger charge is 2.24. The van der Waals surface area contributed by atoms with Gasteiger partial charge in [0.25, 0.3) is 5.89 Å². The first-order valence-electron chi connectivity index (χ1n) is 9.65. The molecule has 2 aromatic carbocycles. The number of nitrogens with one attached hydrogen (secondary N) is 1. The van der Waals surface area contributed by atoms with Gasteiger partial charge in [0, 0.05) is 17.8 Å². The minimum absolute atomic E-state index is 0.151. The summed E-state index contributed by atoms with van der Waals surface area (Å²) in [7, 11) is 0. The van der Waals surface area contributed by atoms with Crippen LogP contribution in [-0.4, -0.2) is 31.7 Å². The quantitative estimate of drug-likeness (QED) is 0.480. The zero-order chi connectivity index (χ0) is 21.4. The number of halogens is 1. The molecule has 5 rings (SSSR count). The van der Waals surface area contributed by atoms with E-state index in [0.717, 1.165) is 24.2 Å². The molecular formula is C22H18FN7O. The number of fused-ring (bicyclic) bond motifs is 1. The number of nitrogens with zero attached hydrogens (tertiary/aromatic N) is 5. The Kier molecular flexibility index (Phi) is 4.55. The molecule has 0 radical (unpaired) electrons. The molecule has 0 unspecified atom stereocenters. The topological polar surface area (TPSA) is 108 Å². The van der Waals surface area contributed by atoms with E-state index in [0.29, 0.717) is 17.1 Å². The largest absolute Gasteiger partial charge is 0.405 e. The lowest BCUT2D eigenvalue weighted by Gasteiger charge is -2.07. The lowest BCUT2D eigenvalue weighted by Crippen LogP contribution is -2.04. The highest BCUT2D eigenvalue weighted by molar-refractivity contribution is 5.79. The van der Waals surface area contributed by atoms with Gasteiger partial charge in [-0.25, -0.2) is 9.07 Å². The number of aromatic nitrogens is 5. The average molecular weight is 415 g/mol. The molecule has 0 atom stereocenters. The summed E-state index contributed by atoms with van der Waals surface area (Å²) in [5.41, 5.74) is 10.1. The van der Waals surface area contributed by atoms with Crippen molar-refractivity contribution in [3.05, 3.63) is 78.4 Å². The lowest BCUT2D eigenvalue weighted by atomic mass is 10.1. The molecule has 0 spiro atoms. The maximum absolute atomic E-state index is 14.4. The molecule has 154 valence electrons. The summed E-state index contributed by atoms with van der Waals surface area (Å²) in [5.74, 6) is 0.122. The Labute approximate surface area is 176 Å². The van der Waals surface area contributed by atoms with Crippen molar-refractivity contribution in [1.82, 2.24) is 25.1 Å². The summed E-state index contributed by atoms with van der Waals surface area (Å²) in [6.07, 6.45) is 3.85. The van der Waals surface area contributed by atoms with Crippen molar-refractivity contribution in [3.63, 3.8) is 0 Å². The van der Waals surface area contributed by atoms with Crippen molar-refractivity contribution in [2.24, 2.45) is 5.73 Å². The van der Waals surface area contributed by atoms with E-state index < -0.39 is 5.82 Å². The van der Waals surface area contributed by atoms with E-state index in [9.17, 15) is 4.39 Å². The summed E-state index contributed by atoms with van der Waals surface area (Å²) in [5, 5.41) is 15.7. The molecule has 9 heteroatoms. The third-order valence-electron chi connectivity index (χ3n) is 5.05. The molecule has 1 aliphatic rings. The van der Waals surface area contributed by atoms with E-state index in [2.05, 4.69) is 32.3 Å². The summed E-state index contributed by atoms with van der Waals surface area (Å²) >= 11 is 0. The van der Waals surface area contributed by atoms with Gasteiger partial charge in [0.2, 0.25) is 5.82 Å². The second-order valence-corrected chi connectivity index (χ2v) is 7.01. The molecule has 0 saturated heterocycles. The van der Waals surface area contributed by atoms with Crippen molar-refractivity contribution in [2.45, 2.75) is 6.42 Å². The van der Waals surface area contributed by atoms with Crippen LogP contribution in [0.5, 0.6) is 0 Å². The zero-order valence-electron chi connectivity index (χ0n) is 16.4. The first kappa shape index (κ1) is 18.7. The number of nitrogens with two attached hydrogens (primary N) is 1. The predicted molar refractivity (Wildman–Crippen MR) is 115 cm³/mol. The van der Waals surface area contributed by atoms with Crippen LogP contribution in [0.2, 0.25) is 0 Å². The second-order valence-electron chi connectivity index (χ2n) is 7.01. The Morgan fingerprint density at radius 3 is 2.97 bits per heavy atom. The molecule has 8 nitrogen and oxygen atoms in total. The van der Waals surface area contributed by atoms with E-state index >= 15 is 0 Å². The fourth-order valence-electron chi connectivity index (χ4n) is 3.58. The van der Waals surface area contributed by atoms with Gasteiger partial charge in [-0.1, -0.05) is 29.1 Å². The molecule has 1 aliphatic heterocycles. The SMILES string of the molecule is C=C(/C=C\N)c1c(-c2nc(-c3ccc4c(c3)CCN4)no2)nnn1-c1ccccc1F. The van der Waals surface area contributed by atoms with Crippen LogP contribution in [0.25, 0.3) is 34.2 Å².